The SMILES string of the molecule is COCCNCCOc1c(C(C)C)cccc1C(C)C. The Morgan fingerprint density at radius 3 is 2.00 bits per heavy atom. The number of hydrogen-bond donors (Lipinski definition) is 1. The van der Waals surface area contributed by atoms with Gasteiger partial charge in [0.25, 0.3) is 0 Å². The van der Waals surface area contributed by atoms with E-state index in [0.717, 1.165) is 25.4 Å². The average Bonchev–Trinajstić information content (AvgIpc) is 2.42. The molecule has 1 N–H and O–H groups in total. The Labute approximate surface area is 123 Å². The van der Waals surface area contributed by atoms with E-state index in [1.54, 1.807) is 7.11 Å². The smallest absolute Gasteiger partial charge is 0.126 e. The molecule has 0 aromatic heterocycles. The van der Waals surface area contributed by atoms with Gasteiger partial charge in [0.05, 0.1) is 6.61 Å². The van der Waals surface area contributed by atoms with E-state index in [1.807, 2.05) is 0 Å². The molecule has 0 spiro atoms. The molecule has 0 amide bonds. The first-order valence-corrected chi connectivity index (χ1v) is 7.53. The minimum atomic E-state index is 0.477. The number of methoxy groups -OCH3 is 1. The van der Waals surface area contributed by atoms with E-state index in [4.69, 9.17) is 9.47 Å². The molecule has 114 valence electrons. The van der Waals surface area contributed by atoms with Crippen LogP contribution in [0.1, 0.15) is 50.7 Å². The summed E-state index contributed by atoms with van der Waals surface area (Å²) in [6, 6.07) is 6.48. The molecule has 0 atom stereocenters. The fourth-order valence-corrected chi connectivity index (χ4v) is 2.17. The summed E-state index contributed by atoms with van der Waals surface area (Å²) >= 11 is 0. The highest BCUT2D eigenvalue weighted by atomic mass is 16.5. The van der Waals surface area contributed by atoms with Gasteiger partial charge < -0.3 is 14.8 Å². The van der Waals surface area contributed by atoms with E-state index in [0.29, 0.717) is 18.4 Å². The second-order valence-corrected chi connectivity index (χ2v) is 5.67. The number of nitrogens with one attached hydrogen (secondary N) is 1. The summed E-state index contributed by atoms with van der Waals surface area (Å²) in [5.41, 5.74) is 2.60. The summed E-state index contributed by atoms with van der Waals surface area (Å²) < 4.78 is 11.1. The molecule has 0 aliphatic rings. The molecular formula is C17H29NO2. The summed E-state index contributed by atoms with van der Waals surface area (Å²) in [7, 11) is 1.71. The van der Waals surface area contributed by atoms with E-state index in [2.05, 4.69) is 51.2 Å². The van der Waals surface area contributed by atoms with Crippen LogP contribution < -0.4 is 10.1 Å². The van der Waals surface area contributed by atoms with Crippen LogP contribution in [0.2, 0.25) is 0 Å². The molecule has 0 bridgehead atoms. The largest absolute Gasteiger partial charge is 0.492 e. The molecule has 1 aromatic rings. The Morgan fingerprint density at radius 1 is 0.950 bits per heavy atom. The number of hydrogen-bond acceptors (Lipinski definition) is 3. The maximum Gasteiger partial charge on any atom is 0.126 e. The topological polar surface area (TPSA) is 30.5 Å². The molecule has 0 aliphatic heterocycles. The van der Waals surface area contributed by atoms with Gasteiger partial charge >= 0.3 is 0 Å². The van der Waals surface area contributed by atoms with Crippen molar-refractivity contribution in [2.24, 2.45) is 0 Å². The molecule has 3 nitrogen and oxygen atoms in total. The third-order valence-corrected chi connectivity index (χ3v) is 3.33. The maximum atomic E-state index is 6.07. The van der Waals surface area contributed by atoms with Crippen LogP contribution in [-0.4, -0.2) is 33.4 Å². The van der Waals surface area contributed by atoms with Crippen molar-refractivity contribution in [1.29, 1.82) is 0 Å². The summed E-state index contributed by atoms with van der Waals surface area (Å²) in [4.78, 5) is 0. The fourth-order valence-electron chi connectivity index (χ4n) is 2.17. The highest BCUT2D eigenvalue weighted by molar-refractivity contribution is 5.44. The third kappa shape index (κ3) is 5.14. The lowest BCUT2D eigenvalue weighted by Gasteiger charge is -2.20. The first-order valence-electron chi connectivity index (χ1n) is 7.53. The monoisotopic (exact) mass is 279 g/mol. The zero-order valence-electron chi connectivity index (χ0n) is 13.5. The lowest BCUT2D eigenvalue weighted by molar-refractivity contribution is 0.196. The van der Waals surface area contributed by atoms with Crippen LogP contribution in [0.25, 0.3) is 0 Å². The Bertz CT molecular complexity index is 362. The number of ether oxygens (including phenoxy) is 2. The molecule has 0 heterocycles. The first kappa shape index (κ1) is 17.0. The molecule has 0 saturated carbocycles. The molecule has 0 saturated heterocycles. The Balaban J connectivity index is 2.66. The number of para-hydroxylation sites is 1. The highest BCUT2D eigenvalue weighted by Gasteiger charge is 2.14. The van der Waals surface area contributed by atoms with Gasteiger partial charge in [0, 0.05) is 20.2 Å². The number of rotatable bonds is 9. The molecule has 1 aromatic carbocycles. The molecule has 0 radical (unpaired) electrons. The minimum Gasteiger partial charge on any atom is -0.492 e. The van der Waals surface area contributed by atoms with Gasteiger partial charge in [-0.3, -0.25) is 0 Å². The van der Waals surface area contributed by atoms with Crippen LogP contribution in [0, 0.1) is 0 Å². The molecule has 0 fully saturated rings. The van der Waals surface area contributed by atoms with Crippen LogP contribution in [0.4, 0.5) is 0 Å². The summed E-state index contributed by atoms with van der Waals surface area (Å²) in [5.74, 6) is 2.03. The normalized spacial score (nSPS) is 11.3. The lowest BCUT2D eigenvalue weighted by Crippen LogP contribution is -2.25. The van der Waals surface area contributed by atoms with Crippen LogP contribution in [0.15, 0.2) is 18.2 Å². The standard InChI is InChI=1S/C17H29NO2/c1-13(2)15-7-6-8-16(14(3)4)17(15)20-12-10-18-9-11-19-5/h6-8,13-14,18H,9-12H2,1-5H3. The second-order valence-electron chi connectivity index (χ2n) is 5.67. The van der Waals surface area contributed by atoms with Crippen molar-refractivity contribution in [3.63, 3.8) is 0 Å². The third-order valence-electron chi connectivity index (χ3n) is 3.33. The predicted octanol–water partition coefficient (Wildman–Crippen LogP) is 3.55. The van der Waals surface area contributed by atoms with E-state index < -0.39 is 0 Å². The van der Waals surface area contributed by atoms with Crippen molar-refractivity contribution in [2.45, 2.75) is 39.5 Å². The fraction of sp³-hybridized carbons (Fsp3) is 0.647. The van der Waals surface area contributed by atoms with Gasteiger partial charge in [-0.1, -0.05) is 45.9 Å². The molecule has 3 heteroatoms. The zero-order chi connectivity index (χ0) is 15.0. The second kappa shape index (κ2) is 8.98. The first-order chi connectivity index (χ1) is 9.57. The Kier molecular flexibility index (Phi) is 7.63. The highest BCUT2D eigenvalue weighted by Crippen LogP contribution is 2.34. The molecule has 0 unspecified atom stereocenters. The van der Waals surface area contributed by atoms with Crippen LogP contribution in [-0.2, 0) is 4.74 Å². The predicted molar refractivity (Wildman–Crippen MR) is 84.9 cm³/mol. The van der Waals surface area contributed by atoms with E-state index in [1.165, 1.54) is 11.1 Å². The van der Waals surface area contributed by atoms with Crippen LogP contribution in [0.5, 0.6) is 5.75 Å². The summed E-state index contributed by atoms with van der Waals surface area (Å²) in [6.07, 6.45) is 0. The van der Waals surface area contributed by atoms with Gasteiger partial charge in [0.2, 0.25) is 0 Å². The van der Waals surface area contributed by atoms with Crippen molar-refractivity contribution in [3.05, 3.63) is 29.3 Å². The number of benzene rings is 1. The van der Waals surface area contributed by atoms with E-state index in [9.17, 15) is 0 Å². The zero-order valence-corrected chi connectivity index (χ0v) is 13.5. The summed E-state index contributed by atoms with van der Waals surface area (Å²) in [6.45, 7) is 12.0. The van der Waals surface area contributed by atoms with Crippen LogP contribution >= 0.6 is 0 Å². The van der Waals surface area contributed by atoms with Gasteiger partial charge in [0.15, 0.2) is 0 Å². The van der Waals surface area contributed by atoms with Gasteiger partial charge in [-0.2, -0.15) is 0 Å². The van der Waals surface area contributed by atoms with Crippen molar-refractivity contribution < 1.29 is 9.47 Å². The molecule has 0 aliphatic carbocycles. The molecule has 1 rings (SSSR count). The van der Waals surface area contributed by atoms with E-state index >= 15 is 0 Å². The van der Waals surface area contributed by atoms with Crippen molar-refractivity contribution in [1.82, 2.24) is 5.32 Å². The summed E-state index contributed by atoms with van der Waals surface area (Å²) in [5, 5.41) is 3.30. The molecule has 20 heavy (non-hydrogen) atoms. The Hall–Kier alpha value is -1.06. The average molecular weight is 279 g/mol. The van der Waals surface area contributed by atoms with Crippen molar-refractivity contribution in [2.75, 3.05) is 33.4 Å². The van der Waals surface area contributed by atoms with Crippen LogP contribution in [0.3, 0.4) is 0 Å². The molecular weight excluding hydrogens is 250 g/mol. The van der Waals surface area contributed by atoms with Gasteiger partial charge in [-0.25, -0.2) is 0 Å². The van der Waals surface area contributed by atoms with Gasteiger partial charge in [-0.05, 0) is 23.0 Å². The van der Waals surface area contributed by atoms with E-state index in [-0.39, 0.29) is 0 Å². The quantitative estimate of drug-likeness (QED) is 0.701. The van der Waals surface area contributed by atoms with Gasteiger partial charge in [-0.15, -0.1) is 0 Å². The Morgan fingerprint density at radius 2 is 1.50 bits per heavy atom. The van der Waals surface area contributed by atoms with Gasteiger partial charge in [0.1, 0.15) is 12.4 Å². The van der Waals surface area contributed by atoms with Crippen molar-refractivity contribution >= 4 is 0 Å². The maximum absolute atomic E-state index is 6.07. The lowest BCUT2D eigenvalue weighted by atomic mass is 9.94. The minimum absolute atomic E-state index is 0.477. The van der Waals surface area contributed by atoms with Crippen molar-refractivity contribution in [3.8, 4) is 5.75 Å².